The molecule has 4 rings (SSSR count). The van der Waals surface area contributed by atoms with Crippen LogP contribution >= 0.6 is 15.9 Å². The average molecular weight is 507 g/mol. The molecular weight excluding hydrogens is 481 g/mol. The van der Waals surface area contributed by atoms with Gasteiger partial charge in [-0.1, -0.05) is 50.3 Å². The van der Waals surface area contributed by atoms with Crippen LogP contribution in [0.5, 0.6) is 0 Å². The van der Waals surface area contributed by atoms with Gasteiger partial charge < -0.3 is 4.90 Å². The van der Waals surface area contributed by atoms with Crippen molar-refractivity contribution in [2.24, 2.45) is 0 Å². The second kappa shape index (κ2) is 10.9. The molecule has 8 heteroatoms. The highest BCUT2D eigenvalue weighted by atomic mass is 79.9. The van der Waals surface area contributed by atoms with E-state index in [0.29, 0.717) is 32.1 Å². The summed E-state index contributed by atoms with van der Waals surface area (Å²) in [4.78, 5) is 11.7. The second-order valence-corrected chi connectivity index (χ2v) is 8.08. The summed E-state index contributed by atoms with van der Waals surface area (Å²) in [5, 5.41) is 0.138. The molecule has 4 nitrogen and oxygen atoms in total. The summed E-state index contributed by atoms with van der Waals surface area (Å²) < 4.78 is 42.8. The lowest BCUT2D eigenvalue weighted by atomic mass is 10.1. The molecule has 0 unspecified atom stereocenters. The third-order valence-corrected chi connectivity index (χ3v) is 6.07. The van der Waals surface area contributed by atoms with Crippen molar-refractivity contribution in [2.45, 2.75) is 32.9 Å². The summed E-state index contributed by atoms with van der Waals surface area (Å²) in [5.74, 6) is -1.51. The molecule has 1 fully saturated rings. The van der Waals surface area contributed by atoms with Crippen LogP contribution in [0.2, 0.25) is 0 Å². The van der Waals surface area contributed by atoms with E-state index in [9.17, 15) is 13.2 Å². The summed E-state index contributed by atoms with van der Waals surface area (Å²) in [6.45, 7) is 10.5. The van der Waals surface area contributed by atoms with Crippen LogP contribution < -0.4 is 4.90 Å². The van der Waals surface area contributed by atoms with Gasteiger partial charge >= 0.3 is 6.08 Å². The maximum Gasteiger partial charge on any atom is 0.311 e. The van der Waals surface area contributed by atoms with E-state index in [0.717, 1.165) is 6.54 Å². The largest absolute Gasteiger partial charge is 0.350 e. The zero-order valence-corrected chi connectivity index (χ0v) is 19.7. The normalized spacial score (nSPS) is 16.6. The zero-order valence-electron chi connectivity index (χ0n) is 18.2. The Balaban J connectivity index is 0.00000141. The quantitative estimate of drug-likeness (QED) is 0.237. The second-order valence-electron chi connectivity index (χ2n) is 7.29. The predicted molar refractivity (Wildman–Crippen MR) is 126 cm³/mol. The van der Waals surface area contributed by atoms with Gasteiger partial charge in [-0.05, 0) is 27.9 Å². The molecule has 1 aromatic heterocycles. The molecule has 0 saturated carbocycles. The van der Waals surface area contributed by atoms with Crippen LogP contribution in [-0.4, -0.2) is 40.5 Å². The third kappa shape index (κ3) is 5.13. The maximum absolute atomic E-state index is 14.3. The van der Waals surface area contributed by atoms with Crippen molar-refractivity contribution in [3.05, 3.63) is 76.8 Å². The molecule has 0 aliphatic carbocycles. The Labute approximate surface area is 194 Å². The van der Waals surface area contributed by atoms with Crippen LogP contribution in [0.25, 0.3) is 10.9 Å². The monoisotopic (exact) mass is 506 g/mol. The van der Waals surface area contributed by atoms with Gasteiger partial charge in [0.25, 0.3) is 0 Å². The van der Waals surface area contributed by atoms with Crippen molar-refractivity contribution in [1.82, 2.24) is 14.9 Å². The molecule has 0 spiro atoms. The molecule has 1 atom stereocenters. The minimum Gasteiger partial charge on any atom is -0.350 e. The topological polar surface area (TPSA) is 32.3 Å². The van der Waals surface area contributed by atoms with E-state index in [2.05, 4.69) is 49.5 Å². The van der Waals surface area contributed by atoms with Gasteiger partial charge in [-0.15, -0.1) is 6.58 Å². The first-order valence-corrected chi connectivity index (χ1v) is 11.4. The molecular formula is C24H26BrF3N4. The minimum atomic E-state index is -1.04. The Morgan fingerprint density at radius 3 is 2.50 bits per heavy atom. The Hall–Kier alpha value is -2.45. The Morgan fingerprint density at radius 2 is 1.81 bits per heavy atom. The third-order valence-electron chi connectivity index (χ3n) is 5.30. The van der Waals surface area contributed by atoms with E-state index in [1.165, 1.54) is 5.56 Å². The molecule has 3 aromatic rings. The highest BCUT2D eigenvalue weighted by Gasteiger charge is 2.30. The SMILES string of the molecule is C=CC[C@@H]1CN(Cc2ccccc2)CCN1c1nc(F)nc2c(F)cc(F)c(Br)c12.CC. The molecule has 1 saturated heterocycles. The first-order valence-electron chi connectivity index (χ1n) is 10.6. The lowest BCUT2D eigenvalue weighted by molar-refractivity contribution is 0.214. The van der Waals surface area contributed by atoms with Gasteiger partial charge in [0, 0.05) is 38.3 Å². The van der Waals surface area contributed by atoms with Gasteiger partial charge in [0.15, 0.2) is 5.82 Å². The lowest BCUT2D eigenvalue weighted by Crippen LogP contribution is -2.53. The molecule has 1 aliphatic rings. The van der Waals surface area contributed by atoms with Gasteiger partial charge in [0.2, 0.25) is 0 Å². The molecule has 0 N–H and O–H groups in total. The van der Waals surface area contributed by atoms with Crippen LogP contribution in [0.1, 0.15) is 25.8 Å². The van der Waals surface area contributed by atoms with Crippen molar-refractivity contribution >= 4 is 32.7 Å². The van der Waals surface area contributed by atoms with E-state index >= 15 is 0 Å². The number of aromatic nitrogens is 2. The Bertz CT molecular complexity index is 1080. The van der Waals surface area contributed by atoms with E-state index < -0.39 is 17.7 Å². The van der Waals surface area contributed by atoms with E-state index in [1.807, 2.05) is 36.9 Å². The molecule has 1 aliphatic heterocycles. The number of hydrogen-bond acceptors (Lipinski definition) is 4. The molecule has 32 heavy (non-hydrogen) atoms. The summed E-state index contributed by atoms with van der Waals surface area (Å²) in [7, 11) is 0. The van der Waals surface area contributed by atoms with Gasteiger partial charge in [-0.3, -0.25) is 4.90 Å². The van der Waals surface area contributed by atoms with E-state index in [4.69, 9.17) is 0 Å². The van der Waals surface area contributed by atoms with Crippen LogP contribution in [0, 0.1) is 17.7 Å². The summed E-state index contributed by atoms with van der Waals surface area (Å²) in [6.07, 6.45) is 1.37. The number of nitrogens with zero attached hydrogens (tertiary/aromatic N) is 4. The molecule has 0 radical (unpaired) electrons. The van der Waals surface area contributed by atoms with E-state index in [-0.39, 0.29) is 27.2 Å². The van der Waals surface area contributed by atoms with Crippen molar-refractivity contribution in [1.29, 1.82) is 0 Å². The van der Waals surface area contributed by atoms with E-state index in [1.54, 1.807) is 6.08 Å². The molecule has 0 bridgehead atoms. The highest BCUT2D eigenvalue weighted by Crippen LogP contribution is 2.36. The molecule has 0 amide bonds. The number of hydrogen-bond donors (Lipinski definition) is 0. The van der Waals surface area contributed by atoms with Gasteiger partial charge in [0.1, 0.15) is 17.2 Å². The first kappa shape index (κ1) is 24.2. The number of piperazine rings is 1. The Morgan fingerprint density at radius 1 is 1.09 bits per heavy atom. The van der Waals surface area contributed by atoms with Crippen molar-refractivity contribution in [2.75, 3.05) is 24.5 Å². The van der Waals surface area contributed by atoms with Crippen LogP contribution in [0.4, 0.5) is 19.0 Å². The summed E-state index contributed by atoms with van der Waals surface area (Å²) in [6, 6.07) is 10.8. The predicted octanol–water partition coefficient (Wildman–Crippen LogP) is 6.10. The first-order chi connectivity index (χ1) is 15.5. The fourth-order valence-electron chi connectivity index (χ4n) is 3.95. The highest BCUT2D eigenvalue weighted by molar-refractivity contribution is 9.10. The standard InChI is InChI=1S/C22H20BrF3N4.C2H6/c1-2-6-15-13-29(12-14-7-4-3-5-8-14)9-10-30(15)21-18-19(23)16(24)11-17(25)20(18)27-22(26)28-21;1-2/h2-5,7-8,11,15H,1,6,9-10,12-13H2;1-2H3/t15-;/m1./s1. The van der Waals surface area contributed by atoms with Crippen LogP contribution in [0.15, 0.2) is 53.5 Å². The Kier molecular flexibility index (Phi) is 8.26. The number of fused-ring (bicyclic) bond motifs is 1. The van der Waals surface area contributed by atoms with Crippen LogP contribution in [0.3, 0.4) is 0 Å². The van der Waals surface area contributed by atoms with Crippen LogP contribution in [-0.2, 0) is 6.54 Å². The molecule has 2 aromatic carbocycles. The number of anilines is 1. The van der Waals surface area contributed by atoms with Crippen molar-refractivity contribution < 1.29 is 13.2 Å². The van der Waals surface area contributed by atoms with Crippen molar-refractivity contribution in [3.63, 3.8) is 0 Å². The fourth-order valence-corrected chi connectivity index (χ4v) is 4.42. The number of benzene rings is 2. The van der Waals surface area contributed by atoms with Gasteiger partial charge in [-0.2, -0.15) is 14.4 Å². The lowest BCUT2D eigenvalue weighted by Gasteiger charge is -2.42. The minimum absolute atomic E-state index is 0.0259. The molecule has 2 heterocycles. The smallest absolute Gasteiger partial charge is 0.311 e. The number of rotatable bonds is 5. The molecule has 170 valence electrons. The fraction of sp³-hybridized carbons (Fsp3) is 0.333. The maximum atomic E-state index is 14.3. The number of halogens is 4. The summed E-state index contributed by atoms with van der Waals surface area (Å²) >= 11 is 3.17. The van der Waals surface area contributed by atoms with Gasteiger partial charge in [0.05, 0.1) is 9.86 Å². The van der Waals surface area contributed by atoms with Crippen molar-refractivity contribution in [3.8, 4) is 0 Å². The van der Waals surface area contributed by atoms with Gasteiger partial charge in [-0.25, -0.2) is 8.78 Å². The average Bonchev–Trinajstić information content (AvgIpc) is 2.79. The zero-order chi connectivity index (χ0) is 23.3. The summed E-state index contributed by atoms with van der Waals surface area (Å²) in [5.41, 5.74) is 0.962.